The van der Waals surface area contributed by atoms with Gasteiger partial charge in [0.15, 0.2) is 6.10 Å². The molecule has 6 heteroatoms. The molecule has 0 aliphatic heterocycles. The molecular formula is C66H106O6. The molecule has 0 bridgehead atoms. The lowest BCUT2D eigenvalue weighted by Crippen LogP contribution is -2.30. The maximum atomic E-state index is 12.8. The molecule has 0 aromatic carbocycles. The van der Waals surface area contributed by atoms with E-state index in [1.54, 1.807) is 0 Å². The van der Waals surface area contributed by atoms with Crippen molar-refractivity contribution in [3.05, 3.63) is 134 Å². The highest BCUT2D eigenvalue weighted by atomic mass is 16.6. The topological polar surface area (TPSA) is 78.9 Å². The van der Waals surface area contributed by atoms with Gasteiger partial charge >= 0.3 is 17.9 Å². The first-order chi connectivity index (χ1) is 35.5. The molecule has 0 saturated heterocycles. The van der Waals surface area contributed by atoms with Gasteiger partial charge in [-0.25, -0.2) is 0 Å². The predicted molar refractivity (Wildman–Crippen MR) is 311 cm³/mol. The number of esters is 3. The first-order valence-corrected chi connectivity index (χ1v) is 29.2. The molecule has 1 unspecified atom stereocenters. The molecule has 0 rings (SSSR count). The fraction of sp³-hybridized carbons (Fsp3) is 0.621. The Morgan fingerprint density at radius 2 is 0.542 bits per heavy atom. The van der Waals surface area contributed by atoms with Crippen molar-refractivity contribution in [2.75, 3.05) is 13.2 Å². The molecule has 0 aliphatic carbocycles. The van der Waals surface area contributed by atoms with Crippen LogP contribution in [-0.4, -0.2) is 37.2 Å². The van der Waals surface area contributed by atoms with Crippen LogP contribution >= 0.6 is 0 Å². The third-order valence-corrected chi connectivity index (χ3v) is 11.9. The van der Waals surface area contributed by atoms with Crippen molar-refractivity contribution in [1.82, 2.24) is 0 Å². The average molecular weight is 996 g/mol. The molecule has 0 N–H and O–H groups in total. The Hall–Kier alpha value is -4.45. The fourth-order valence-corrected chi connectivity index (χ4v) is 7.59. The molecule has 0 aromatic heterocycles. The van der Waals surface area contributed by atoms with Gasteiger partial charge < -0.3 is 14.2 Å². The molecule has 0 spiro atoms. The van der Waals surface area contributed by atoms with Gasteiger partial charge in [0.25, 0.3) is 0 Å². The Morgan fingerprint density at radius 1 is 0.292 bits per heavy atom. The van der Waals surface area contributed by atoms with Crippen LogP contribution in [0.1, 0.15) is 245 Å². The molecule has 6 nitrogen and oxygen atoms in total. The van der Waals surface area contributed by atoms with Crippen molar-refractivity contribution in [3.8, 4) is 0 Å². The van der Waals surface area contributed by atoms with Crippen LogP contribution in [0.5, 0.6) is 0 Å². The third kappa shape index (κ3) is 56.5. The summed E-state index contributed by atoms with van der Waals surface area (Å²) in [5.41, 5.74) is 0. The number of carbonyl (C=O) groups excluding carboxylic acids is 3. The zero-order valence-electron chi connectivity index (χ0n) is 46.4. The lowest BCUT2D eigenvalue weighted by atomic mass is 10.1. The van der Waals surface area contributed by atoms with E-state index in [4.69, 9.17) is 14.2 Å². The lowest BCUT2D eigenvalue weighted by Gasteiger charge is -2.18. The van der Waals surface area contributed by atoms with Crippen LogP contribution in [0, 0.1) is 0 Å². The zero-order chi connectivity index (χ0) is 52.2. The summed E-state index contributed by atoms with van der Waals surface area (Å²) in [6, 6.07) is 0. The Kier molecular flexibility index (Phi) is 55.5. The van der Waals surface area contributed by atoms with E-state index in [2.05, 4.69) is 154 Å². The summed E-state index contributed by atoms with van der Waals surface area (Å²) >= 11 is 0. The fourth-order valence-electron chi connectivity index (χ4n) is 7.59. The van der Waals surface area contributed by atoms with Crippen LogP contribution in [-0.2, 0) is 28.6 Å². The minimum atomic E-state index is -0.794. The lowest BCUT2D eigenvalue weighted by molar-refractivity contribution is -0.167. The smallest absolute Gasteiger partial charge is 0.306 e. The van der Waals surface area contributed by atoms with Gasteiger partial charge in [-0.05, 0) is 116 Å². The van der Waals surface area contributed by atoms with Crippen molar-refractivity contribution >= 4 is 17.9 Å². The SMILES string of the molecule is CC/C=C\C/C=C\C/C=C\C/C=C\C/C=C\C/C=C\CCCCCCCCCCC(=O)OCC(COC(=O)CCCCCCCC)OC(=O)CCCCCCC/C=C\C/C=C\C/C=C\C/C=C\C/C=C\CC. The van der Waals surface area contributed by atoms with Gasteiger partial charge in [-0.1, -0.05) is 244 Å². The normalized spacial score (nSPS) is 13.1. The summed E-state index contributed by atoms with van der Waals surface area (Å²) < 4.78 is 16.7. The Balaban J connectivity index is 4.22. The summed E-state index contributed by atoms with van der Waals surface area (Å²) in [5.74, 6) is -0.934. The molecule has 0 saturated carbocycles. The van der Waals surface area contributed by atoms with E-state index in [9.17, 15) is 14.4 Å². The van der Waals surface area contributed by atoms with Gasteiger partial charge in [0, 0.05) is 19.3 Å². The minimum Gasteiger partial charge on any atom is -0.462 e. The Morgan fingerprint density at radius 3 is 0.847 bits per heavy atom. The quantitative estimate of drug-likeness (QED) is 0.0261. The maximum Gasteiger partial charge on any atom is 0.306 e. The van der Waals surface area contributed by atoms with Crippen LogP contribution in [0.3, 0.4) is 0 Å². The van der Waals surface area contributed by atoms with E-state index in [0.29, 0.717) is 19.3 Å². The number of hydrogen-bond acceptors (Lipinski definition) is 6. The summed E-state index contributed by atoms with van der Waals surface area (Å²) in [4.78, 5) is 37.9. The number of unbranched alkanes of at least 4 members (excludes halogenated alkanes) is 18. The second-order valence-corrected chi connectivity index (χ2v) is 18.8. The average Bonchev–Trinajstić information content (AvgIpc) is 3.38. The Labute approximate surface area is 443 Å². The number of rotatable bonds is 51. The van der Waals surface area contributed by atoms with E-state index in [1.165, 1.54) is 51.4 Å². The van der Waals surface area contributed by atoms with Crippen LogP contribution in [0.25, 0.3) is 0 Å². The molecule has 72 heavy (non-hydrogen) atoms. The molecule has 0 amide bonds. The van der Waals surface area contributed by atoms with Gasteiger partial charge in [0.05, 0.1) is 0 Å². The number of ether oxygens (including phenoxy) is 3. The highest BCUT2D eigenvalue weighted by Gasteiger charge is 2.19. The van der Waals surface area contributed by atoms with E-state index in [0.717, 1.165) is 154 Å². The summed E-state index contributed by atoms with van der Waals surface area (Å²) in [7, 11) is 0. The van der Waals surface area contributed by atoms with Gasteiger partial charge in [-0.15, -0.1) is 0 Å². The Bertz CT molecular complexity index is 1560. The molecule has 0 heterocycles. The highest BCUT2D eigenvalue weighted by molar-refractivity contribution is 5.71. The van der Waals surface area contributed by atoms with Crippen molar-refractivity contribution < 1.29 is 28.6 Å². The first-order valence-electron chi connectivity index (χ1n) is 29.2. The second-order valence-electron chi connectivity index (χ2n) is 18.8. The summed E-state index contributed by atoms with van der Waals surface area (Å²) in [6.07, 6.45) is 83.3. The van der Waals surface area contributed by atoms with E-state index in [1.807, 2.05) is 0 Å². The van der Waals surface area contributed by atoms with E-state index >= 15 is 0 Å². The molecule has 406 valence electrons. The highest BCUT2D eigenvalue weighted by Crippen LogP contribution is 2.14. The standard InChI is InChI=1S/C66H106O6/c1-4-7-10-13-16-18-20-22-24-26-28-30-31-32-33-34-35-37-38-40-42-44-46-48-50-53-56-59-65(68)71-62-63(61-70-64(67)58-55-52-15-12-9-6-3)72-66(69)60-57-54-51-49-47-45-43-41-39-36-29-27-25-23-21-19-17-14-11-8-5-2/h7-8,10-11,16-19,22-25,28-30,32-33,35-37,41,43,63H,4-6,9,12-15,20-21,26-27,31,34,38-40,42,44-62H2,1-3H3/b10-7-,11-8-,18-16-,19-17-,24-22-,25-23-,30-28-,33-32-,36-29-,37-35-,43-41-. The number of hydrogen-bond donors (Lipinski definition) is 0. The van der Waals surface area contributed by atoms with Crippen LogP contribution in [0.15, 0.2) is 134 Å². The predicted octanol–water partition coefficient (Wildman–Crippen LogP) is 19.8. The molecule has 1 atom stereocenters. The minimum absolute atomic E-state index is 0.0924. The van der Waals surface area contributed by atoms with Crippen LogP contribution in [0.2, 0.25) is 0 Å². The summed E-state index contributed by atoms with van der Waals surface area (Å²) in [5, 5.41) is 0. The summed E-state index contributed by atoms with van der Waals surface area (Å²) in [6.45, 7) is 6.32. The van der Waals surface area contributed by atoms with Gasteiger partial charge in [0.1, 0.15) is 13.2 Å². The molecule has 0 radical (unpaired) electrons. The maximum absolute atomic E-state index is 12.8. The largest absolute Gasteiger partial charge is 0.462 e. The monoisotopic (exact) mass is 995 g/mol. The van der Waals surface area contributed by atoms with Crippen molar-refractivity contribution in [2.45, 2.75) is 252 Å². The molecule has 0 fully saturated rings. The van der Waals surface area contributed by atoms with E-state index in [-0.39, 0.29) is 31.1 Å². The van der Waals surface area contributed by atoms with Gasteiger partial charge in [0.2, 0.25) is 0 Å². The third-order valence-electron chi connectivity index (χ3n) is 11.9. The van der Waals surface area contributed by atoms with Crippen LogP contribution < -0.4 is 0 Å². The van der Waals surface area contributed by atoms with Gasteiger partial charge in [-0.2, -0.15) is 0 Å². The van der Waals surface area contributed by atoms with E-state index < -0.39 is 6.10 Å². The van der Waals surface area contributed by atoms with Crippen LogP contribution in [0.4, 0.5) is 0 Å². The first kappa shape index (κ1) is 67.5. The second kappa shape index (κ2) is 59.1. The molecular weight excluding hydrogens is 889 g/mol. The van der Waals surface area contributed by atoms with Gasteiger partial charge in [-0.3, -0.25) is 14.4 Å². The molecule has 0 aromatic rings. The van der Waals surface area contributed by atoms with Crippen molar-refractivity contribution in [2.24, 2.45) is 0 Å². The van der Waals surface area contributed by atoms with Crippen molar-refractivity contribution in [3.63, 3.8) is 0 Å². The molecule has 0 aliphatic rings. The zero-order valence-corrected chi connectivity index (χ0v) is 46.4. The van der Waals surface area contributed by atoms with Crippen molar-refractivity contribution in [1.29, 1.82) is 0 Å². The number of allylic oxidation sites excluding steroid dienone is 22. The number of carbonyl (C=O) groups is 3.